The van der Waals surface area contributed by atoms with E-state index in [1.54, 1.807) is 32.4 Å². The van der Waals surface area contributed by atoms with Crippen molar-refractivity contribution >= 4 is 34.0 Å². The van der Waals surface area contributed by atoms with Gasteiger partial charge in [0, 0.05) is 42.8 Å². The fourth-order valence-electron chi connectivity index (χ4n) is 3.32. The molecule has 11 heteroatoms. The molecule has 0 radical (unpaired) electrons. The highest BCUT2D eigenvalue weighted by molar-refractivity contribution is 7.15. The number of fused-ring (bicyclic) bond motifs is 1. The minimum atomic E-state index is -0.354. The lowest BCUT2D eigenvalue weighted by molar-refractivity contribution is -0.117. The van der Waals surface area contributed by atoms with Gasteiger partial charge in [-0.2, -0.15) is 0 Å². The Kier molecular flexibility index (Phi) is 6.57. The van der Waals surface area contributed by atoms with E-state index in [9.17, 15) is 9.59 Å². The van der Waals surface area contributed by atoms with E-state index in [1.165, 1.54) is 29.9 Å². The van der Waals surface area contributed by atoms with Crippen molar-refractivity contribution in [3.63, 3.8) is 0 Å². The lowest BCUT2D eigenvalue weighted by Gasteiger charge is -2.25. The van der Waals surface area contributed by atoms with Gasteiger partial charge in [-0.1, -0.05) is 0 Å². The maximum Gasteiger partial charge on any atom is 0.277 e. The molecule has 4 rings (SSSR count). The Morgan fingerprint density at radius 3 is 2.81 bits per heavy atom. The second kappa shape index (κ2) is 9.71. The number of anilines is 2. The summed E-state index contributed by atoms with van der Waals surface area (Å²) in [6, 6.07) is 5.24. The zero-order valence-corrected chi connectivity index (χ0v) is 18.4. The number of benzene rings is 1. The van der Waals surface area contributed by atoms with Gasteiger partial charge in [0.1, 0.15) is 17.2 Å². The smallest absolute Gasteiger partial charge is 0.277 e. The summed E-state index contributed by atoms with van der Waals surface area (Å²) in [6.07, 6.45) is 5.07. The van der Waals surface area contributed by atoms with Gasteiger partial charge in [0.15, 0.2) is 5.13 Å². The Morgan fingerprint density at radius 2 is 2.06 bits per heavy atom. The number of thiazole rings is 1. The van der Waals surface area contributed by atoms with Crippen molar-refractivity contribution in [2.24, 2.45) is 0 Å². The molecule has 1 aromatic carbocycles. The molecule has 32 heavy (non-hydrogen) atoms. The number of amides is 2. The predicted octanol–water partition coefficient (Wildman–Crippen LogP) is 2.20. The average Bonchev–Trinajstić information content (AvgIpc) is 3.21. The molecular formula is C21H22N6O4S. The molecular weight excluding hydrogens is 432 g/mol. The summed E-state index contributed by atoms with van der Waals surface area (Å²) in [5, 5.41) is 6.17. The largest absolute Gasteiger partial charge is 0.497 e. The monoisotopic (exact) mass is 454 g/mol. The summed E-state index contributed by atoms with van der Waals surface area (Å²) < 4.78 is 10.5. The molecule has 10 nitrogen and oxygen atoms in total. The second-order valence-corrected chi connectivity index (χ2v) is 8.09. The van der Waals surface area contributed by atoms with Crippen LogP contribution in [0.25, 0.3) is 0 Å². The van der Waals surface area contributed by atoms with Crippen molar-refractivity contribution in [3.05, 3.63) is 53.1 Å². The molecule has 0 saturated heterocycles. The summed E-state index contributed by atoms with van der Waals surface area (Å²) in [7, 11) is 3.12. The van der Waals surface area contributed by atoms with E-state index in [4.69, 9.17) is 9.47 Å². The van der Waals surface area contributed by atoms with E-state index in [-0.39, 0.29) is 24.1 Å². The quantitative estimate of drug-likeness (QED) is 0.558. The first-order chi connectivity index (χ1) is 15.6. The Morgan fingerprint density at radius 1 is 1.19 bits per heavy atom. The van der Waals surface area contributed by atoms with E-state index < -0.39 is 0 Å². The maximum atomic E-state index is 12.6. The number of nitrogens with one attached hydrogen (secondary N) is 2. The van der Waals surface area contributed by atoms with Crippen molar-refractivity contribution in [3.8, 4) is 11.5 Å². The summed E-state index contributed by atoms with van der Waals surface area (Å²) in [6.45, 7) is 1.49. The molecule has 166 valence electrons. The van der Waals surface area contributed by atoms with Crippen molar-refractivity contribution in [1.82, 2.24) is 19.9 Å². The Labute approximate surface area is 188 Å². The van der Waals surface area contributed by atoms with Crippen LogP contribution in [-0.2, 0) is 17.8 Å². The van der Waals surface area contributed by atoms with Gasteiger partial charge in [0.05, 0.1) is 38.3 Å². The topological polar surface area (TPSA) is 119 Å². The number of methoxy groups -OCH3 is 2. The molecule has 0 fully saturated rings. The third-order valence-corrected chi connectivity index (χ3v) is 5.87. The molecule has 1 aliphatic rings. The molecule has 2 N–H and O–H groups in total. The van der Waals surface area contributed by atoms with Crippen LogP contribution in [0.4, 0.5) is 10.8 Å². The number of carbonyl (C=O) groups is 2. The number of carbonyl (C=O) groups excluding carboxylic acids is 2. The van der Waals surface area contributed by atoms with Crippen LogP contribution < -0.4 is 20.1 Å². The fraction of sp³-hybridized carbons (Fsp3) is 0.286. The number of nitrogens with zero attached hydrogens (tertiary/aromatic N) is 4. The first-order valence-corrected chi connectivity index (χ1v) is 10.7. The fourth-order valence-corrected chi connectivity index (χ4v) is 4.36. The van der Waals surface area contributed by atoms with Gasteiger partial charge in [-0.3, -0.25) is 24.8 Å². The van der Waals surface area contributed by atoms with Crippen LogP contribution in [0.15, 0.2) is 36.8 Å². The van der Waals surface area contributed by atoms with Crippen molar-refractivity contribution in [1.29, 1.82) is 0 Å². The minimum Gasteiger partial charge on any atom is -0.497 e. The summed E-state index contributed by atoms with van der Waals surface area (Å²) in [5.41, 5.74) is 1.73. The van der Waals surface area contributed by atoms with Crippen LogP contribution >= 0.6 is 11.3 Å². The number of hydrogen-bond acceptors (Lipinski definition) is 9. The van der Waals surface area contributed by atoms with Gasteiger partial charge in [0.2, 0.25) is 5.91 Å². The van der Waals surface area contributed by atoms with Gasteiger partial charge < -0.3 is 14.8 Å². The first-order valence-electron chi connectivity index (χ1n) is 9.86. The van der Waals surface area contributed by atoms with E-state index >= 15 is 0 Å². The van der Waals surface area contributed by atoms with Crippen LogP contribution in [-0.4, -0.2) is 59.0 Å². The van der Waals surface area contributed by atoms with Gasteiger partial charge >= 0.3 is 0 Å². The molecule has 0 atom stereocenters. The highest BCUT2D eigenvalue weighted by Gasteiger charge is 2.23. The lowest BCUT2D eigenvalue weighted by Crippen LogP contribution is -2.36. The highest BCUT2D eigenvalue weighted by Crippen LogP contribution is 2.30. The van der Waals surface area contributed by atoms with Gasteiger partial charge in [0.25, 0.3) is 5.91 Å². The molecule has 0 bridgehead atoms. The third kappa shape index (κ3) is 5.01. The summed E-state index contributed by atoms with van der Waals surface area (Å²) >= 11 is 1.40. The second-order valence-electron chi connectivity index (χ2n) is 7.01. The third-order valence-electron chi connectivity index (χ3n) is 4.87. The number of aromatic nitrogens is 3. The van der Waals surface area contributed by atoms with Gasteiger partial charge in [-0.15, -0.1) is 11.3 Å². The number of ether oxygens (including phenoxy) is 2. The molecule has 2 aromatic heterocycles. The van der Waals surface area contributed by atoms with E-state index in [1.807, 2.05) is 4.90 Å². The summed E-state index contributed by atoms with van der Waals surface area (Å²) in [4.78, 5) is 40.4. The zero-order chi connectivity index (χ0) is 22.5. The van der Waals surface area contributed by atoms with Crippen LogP contribution in [0.3, 0.4) is 0 Å². The molecule has 2 amide bonds. The number of rotatable bonds is 7. The molecule has 0 spiro atoms. The van der Waals surface area contributed by atoms with Crippen molar-refractivity contribution < 1.29 is 19.1 Å². The highest BCUT2D eigenvalue weighted by atomic mass is 32.1. The number of hydrogen-bond donors (Lipinski definition) is 2. The Hall–Kier alpha value is -3.57. The normalized spacial score (nSPS) is 13.2. The molecule has 0 saturated carbocycles. The van der Waals surface area contributed by atoms with E-state index in [0.717, 1.165) is 10.6 Å². The van der Waals surface area contributed by atoms with Crippen LogP contribution in [0.1, 0.15) is 21.1 Å². The molecule has 3 aromatic rings. The van der Waals surface area contributed by atoms with Crippen LogP contribution in [0, 0.1) is 0 Å². The van der Waals surface area contributed by atoms with Gasteiger partial charge in [-0.25, -0.2) is 9.97 Å². The Balaban J connectivity index is 1.36. The van der Waals surface area contributed by atoms with Crippen molar-refractivity contribution in [2.75, 3.05) is 37.9 Å². The molecule has 0 unspecified atom stereocenters. The van der Waals surface area contributed by atoms with Crippen molar-refractivity contribution in [2.45, 2.75) is 13.0 Å². The summed E-state index contributed by atoms with van der Waals surface area (Å²) in [5.74, 6) is 0.684. The standard InChI is InChI=1S/C21H22N6O4S/c1-30-13-3-4-17(31-2)15(9-13)24-19(28)12-27-8-5-14-18(11-27)32-21(25-14)26-20(29)16-10-22-6-7-23-16/h3-4,6-7,9-10H,5,8,11-12H2,1-2H3,(H,24,28)(H,25,26,29). The minimum absolute atomic E-state index is 0.152. The maximum absolute atomic E-state index is 12.6. The van der Waals surface area contributed by atoms with Gasteiger partial charge in [-0.05, 0) is 12.1 Å². The van der Waals surface area contributed by atoms with E-state index in [0.29, 0.717) is 41.8 Å². The molecule has 3 heterocycles. The van der Waals surface area contributed by atoms with Crippen LogP contribution in [0.5, 0.6) is 11.5 Å². The first kappa shape index (κ1) is 21.7. The SMILES string of the molecule is COc1ccc(OC)c(NC(=O)CN2CCc3nc(NC(=O)c4cnccn4)sc3C2)c1. The lowest BCUT2D eigenvalue weighted by atomic mass is 10.2. The Bertz CT molecular complexity index is 1120. The van der Waals surface area contributed by atoms with E-state index in [2.05, 4.69) is 25.6 Å². The van der Waals surface area contributed by atoms with Crippen LogP contribution in [0.2, 0.25) is 0 Å². The molecule has 0 aliphatic carbocycles. The zero-order valence-electron chi connectivity index (χ0n) is 17.6. The molecule has 1 aliphatic heterocycles. The average molecular weight is 455 g/mol. The predicted molar refractivity (Wildman–Crippen MR) is 119 cm³/mol.